The number of carbonyl (C=O) groups is 1. The minimum atomic E-state index is -0.950. The number of nitrogens with one attached hydrogen (secondary N) is 1. The summed E-state index contributed by atoms with van der Waals surface area (Å²) in [5, 5.41) is 13.0. The summed E-state index contributed by atoms with van der Waals surface area (Å²) in [5.41, 5.74) is 2.52. The van der Waals surface area contributed by atoms with Gasteiger partial charge in [-0.05, 0) is 44.5 Å². The largest absolute Gasteiger partial charge is 0.493 e. The molecule has 0 fully saturated rings. The van der Waals surface area contributed by atoms with Crippen LogP contribution in [0.3, 0.4) is 0 Å². The number of ether oxygens (including phenoxy) is 2. The van der Waals surface area contributed by atoms with Crippen molar-refractivity contribution >= 4 is 23.3 Å². The highest BCUT2D eigenvalue weighted by Crippen LogP contribution is 2.36. The zero-order chi connectivity index (χ0) is 18.6. The molecule has 0 radical (unpaired) electrons. The van der Waals surface area contributed by atoms with E-state index in [1.54, 1.807) is 32.2 Å². The van der Waals surface area contributed by atoms with E-state index < -0.39 is 5.97 Å². The van der Waals surface area contributed by atoms with Crippen molar-refractivity contribution in [2.24, 2.45) is 0 Å². The summed E-state index contributed by atoms with van der Waals surface area (Å²) < 4.78 is 11.3. The van der Waals surface area contributed by atoms with Gasteiger partial charge >= 0.3 is 5.97 Å². The lowest BCUT2D eigenvalue weighted by atomic mass is 10.1. The second-order valence-corrected chi connectivity index (χ2v) is 6.34. The maximum Gasteiger partial charge on any atom is 0.336 e. The lowest BCUT2D eigenvalue weighted by molar-refractivity contribution is 0.0696. The molecular weight excluding hydrogens is 342 g/mol. The van der Waals surface area contributed by atoms with Gasteiger partial charge in [-0.3, -0.25) is 0 Å². The molecule has 0 spiro atoms. The number of halogens is 1. The van der Waals surface area contributed by atoms with Gasteiger partial charge in [0.25, 0.3) is 0 Å². The van der Waals surface area contributed by atoms with E-state index in [0.717, 1.165) is 11.3 Å². The van der Waals surface area contributed by atoms with Crippen molar-refractivity contribution in [2.45, 2.75) is 33.4 Å². The SMILES string of the molecule is COc1cc(Cl)cc(CNc2cccc(C(=O)O)c2C)c1OC(C)C. The fourth-order valence-electron chi connectivity index (χ4n) is 2.52. The summed E-state index contributed by atoms with van der Waals surface area (Å²) >= 11 is 6.18. The van der Waals surface area contributed by atoms with Crippen LogP contribution in [0.25, 0.3) is 0 Å². The first-order chi connectivity index (χ1) is 11.8. The van der Waals surface area contributed by atoms with Crippen LogP contribution >= 0.6 is 11.6 Å². The van der Waals surface area contributed by atoms with Crippen LogP contribution in [0.2, 0.25) is 5.02 Å². The van der Waals surface area contributed by atoms with Crippen LogP contribution in [0.4, 0.5) is 5.69 Å². The van der Waals surface area contributed by atoms with E-state index in [-0.39, 0.29) is 11.7 Å². The average molecular weight is 364 g/mol. The maximum atomic E-state index is 11.3. The lowest BCUT2D eigenvalue weighted by Crippen LogP contribution is -2.11. The number of hydrogen-bond acceptors (Lipinski definition) is 4. The van der Waals surface area contributed by atoms with E-state index in [9.17, 15) is 9.90 Å². The standard InChI is InChI=1S/C19H22ClNO4/c1-11(2)25-18-13(8-14(20)9-17(18)24-4)10-21-16-7-5-6-15(12(16)3)19(22)23/h5-9,11,21H,10H2,1-4H3,(H,22,23). The van der Waals surface area contributed by atoms with E-state index >= 15 is 0 Å². The number of carboxylic acid groups (broad SMARTS) is 1. The number of methoxy groups -OCH3 is 1. The number of anilines is 1. The molecule has 0 saturated carbocycles. The van der Waals surface area contributed by atoms with Gasteiger partial charge in [0.15, 0.2) is 11.5 Å². The minimum absolute atomic E-state index is 0.0223. The van der Waals surface area contributed by atoms with Gasteiger partial charge in [-0.2, -0.15) is 0 Å². The third-order valence-electron chi connectivity index (χ3n) is 3.70. The molecule has 2 aromatic rings. The molecule has 0 aliphatic heterocycles. The Balaban J connectivity index is 2.33. The molecule has 134 valence electrons. The van der Waals surface area contributed by atoms with Crippen LogP contribution < -0.4 is 14.8 Å². The zero-order valence-corrected chi connectivity index (χ0v) is 15.5. The molecule has 0 heterocycles. The first-order valence-electron chi connectivity index (χ1n) is 7.93. The Morgan fingerprint density at radius 3 is 2.64 bits per heavy atom. The summed E-state index contributed by atoms with van der Waals surface area (Å²) in [4.78, 5) is 11.3. The van der Waals surface area contributed by atoms with Gasteiger partial charge in [-0.25, -0.2) is 4.79 Å². The Bertz CT molecular complexity index is 774. The fourth-order valence-corrected chi connectivity index (χ4v) is 2.76. The molecule has 25 heavy (non-hydrogen) atoms. The van der Waals surface area contributed by atoms with Gasteiger partial charge in [-0.15, -0.1) is 0 Å². The van der Waals surface area contributed by atoms with Crippen molar-refractivity contribution in [3.8, 4) is 11.5 Å². The first kappa shape index (κ1) is 18.9. The third kappa shape index (κ3) is 4.57. The van der Waals surface area contributed by atoms with Gasteiger partial charge in [-0.1, -0.05) is 17.7 Å². The van der Waals surface area contributed by atoms with E-state index in [0.29, 0.717) is 28.6 Å². The average Bonchev–Trinajstić information content (AvgIpc) is 2.54. The Morgan fingerprint density at radius 2 is 2.04 bits per heavy atom. The van der Waals surface area contributed by atoms with E-state index in [4.69, 9.17) is 21.1 Å². The van der Waals surface area contributed by atoms with Crippen LogP contribution in [-0.2, 0) is 6.54 Å². The van der Waals surface area contributed by atoms with E-state index in [1.807, 2.05) is 26.0 Å². The molecule has 0 aliphatic carbocycles. The maximum absolute atomic E-state index is 11.3. The molecule has 0 aromatic heterocycles. The topological polar surface area (TPSA) is 67.8 Å². The predicted octanol–water partition coefficient (Wildman–Crippen LogP) is 4.75. The van der Waals surface area contributed by atoms with Crippen LogP contribution in [-0.4, -0.2) is 24.3 Å². The molecule has 0 amide bonds. The second kappa shape index (κ2) is 8.12. The highest BCUT2D eigenvalue weighted by molar-refractivity contribution is 6.30. The fraction of sp³-hybridized carbons (Fsp3) is 0.316. The summed E-state index contributed by atoms with van der Waals surface area (Å²) in [6.07, 6.45) is -0.0223. The molecule has 0 saturated heterocycles. The predicted molar refractivity (Wildman–Crippen MR) is 99.2 cm³/mol. The number of rotatable bonds is 7. The van der Waals surface area contributed by atoms with Crippen molar-refractivity contribution in [3.63, 3.8) is 0 Å². The number of carboxylic acids is 1. The molecule has 6 heteroatoms. The highest BCUT2D eigenvalue weighted by atomic mass is 35.5. The Kier molecular flexibility index (Phi) is 6.15. The monoisotopic (exact) mass is 363 g/mol. The summed E-state index contributed by atoms with van der Waals surface area (Å²) in [5.74, 6) is 0.241. The van der Waals surface area contributed by atoms with Crippen molar-refractivity contribution in [3.05, 3.63) is 52.0 Å². The minimum Gasteiger partial charge on any atom is -0.493 e. The zero-order valence-electron chi connectivity index (χ0n) is 14.7. The number of hydrogen-bond donors (Lipinski definition) is 2. The van der Waals surface area contributed by atoms with Gasteiger partial charge in [0.05, 0.1) is 18.8 Å². The molecule has 0 unspecified atom stereocenters. The molecule has 2 N–H and O–H groups in total. The van der Waals surface area contributed by atoms with E-state index in [2.05, 4.69) is 5.32 Å². The number of benzene rings is 2. The van der Waals surface area contributed by atoms with Crippen LogP contribution in [0, 0.1) is 6.92 Å². The molecule has 0 bridgehead atoms. The smallest absolute Gasteiger partial charge is 0.336 e. The van der Waals surface area contributed by atoms with Crippen molar-refractivity contribution in [1.29, 1.82) is 0 Å². The molecule has 0 aliphatic rings. The van der Waals surface area contributed by atoms with Crippen LogP contribution in [0.15, 0.2) is 30.3 Å². The molecule has 2 aromatic carbocycles. The van der Waals surface area contributed by atoms with E-state index in [1.165, 1.54) is 0 Å². The number of aromatic carboxylic acids is 1. The summed E-state index contributed by atoms with van der Waals surface area (Å²) in [7, 11) is 1.57. The molecule has 2 rings (SSSR count). The van der Waals surface area contributed by atoms with Crippen molar-refractivity contribution in [2.75, 3.05) is 12.4 Å². The highest BCUT2D eigenvalue weighted by Gasteiger charge is 2.15. The molecule has 0 atom stereocenters. The van der Waals surface area contributed by atoms with Crippen LogP contribution in [0.5, 0.6) is 11.5 Å². The van der Waals surface area contributed by atoms with Gasteiger partial charge in [0.2, 0.25) is 0 Å². The molecule has 5 nitrogen and oxygen atoms in total. The Labute approximate surface area is 152 Å². The van der Waals surface area contributed by atoms with Gasteiger partial charge in [0.1, 0.15) is 0 Å². The quantitative estimate of drug-likeness (QED) is 0.742. The van der Waals surface area contributed by atoms with Gasteiger partial charge in [0, 0.05) is 28.9 Å². The van der Waals surface area contributed by atoms with Crippen LogP contribution in [0.1, 0.15) is 35.3 Å². The van der Waals surface area contributed by atoms with Crippen molar-refractivity contribution < 1.29 is 19.4 Å². The Morgan fingerprint density at radius 1 is 1.32 bits per heavy atom. The van der Waals surface area contributed by atoms with Gasteiger partial charge < -0.3 is 19.9 Å². The third-order valence-corrected chi connectivity index (χ3v) is 3.92. The summed E-state index contributed by atoms with van der Waals surface area (Å²) in [6.45, 7) is 6.07. The molecular formula is C19H22ClNO4. The second-order valence-electron chi connectivity index (χ2n) is 5.90. The van der Waals surface area contributed by atoms with Crippen molar-refractivity contribution in [1.82, 2.24) is 0 Å². The Hall–Kier alpha value is -2.40. The first-order valence-corrected chi connectivity index (χ1v) is 8.31. The normalized spacial score (nSPS) is 10.6. The summed E-state index contributed by atoms with van der Waals surface area (Å²) in [6, 6.07) is 8.65. The lowest BCUT2D eigenvalue weighted by Gasteiger charge is -2.19.